The first-order valence-electron chi connectivity index (χ1n) is 15.2. The largest absolute Gasteiger partial charge is 0.508 e. The van der Waals surface area contributed by atoms with Gasteiger partial charge >= 0.3 is 11.9 Å². The molecule has 2 atom stereocenters. The Bertz CT molecular complexity index is 1480. The fourth-order valence-electron chi connectivity index (χ4n) is 4.35. The van der Waals surface area contributed by atoms with Gasteiger partial charge in [0.1, 0.15) is 17.9 Å². The van der Waals surface area contributed by atoms with E-state index in [1.165, 1.54) is 13.8 Å². The molecule has 16 nitrogen and oxygen atoms in total. The average molecular weight is 694 g/mol. The number of amides is 4. The lowest BCUT2D eigenvalue weighted by Gasteiger charge is -2.29. The molecule has 0 saturated carbocycles. The van der Waals surface area contributed by atoms with Gasteiger partial charge in [-0.05, 0) is 36.6 Å². The summed E-state index contributed by atoms with van der Waals surface area (Å²) in [5.41, 5.74) is 0.516. The minimum absolute atomic E-state index is 0.108. The topological polar surface area (TPSA) is 253 Å². The number of thioether (sulfide) groups is 1. The quantitative estimate of drug-likeness (QED) is 0.0522. The van der Waals surface area contributed by atoms with E-state index in [9.17, 15) is 43.8 Å². The summed E-state index contributed by atoms with van der Waals surface area (Å²) in [4.78, 5) is 86.5. The van der Waals surface area contributed by atoms with Crippen LogP contribution in [-0.2, 0) is 44.7 Å². The van der Waals surface area contributed by atoms with E-state index in [1.807, 2.05) is 0 Å². The van der Waals surface area contributed by atoms with Gasteiger partial charge in [-0.2, -0.15) is 0 Å². The minimum Gasteiger partial charge on any atom is -0.508 e. The number of aliphatic carboxylic acids is 1. The number of aromatic hydroxyl groups is 1. The van der Waals surface area contributed by atoms with E-state index in [0.717, 1.165) is 35.2 Å². The SMILES string of the molecule is CC(=O)N[C@@H](CCC(=O)O)C(=O)OCC(C)(C)[C@@H](O)C(=O)NCCC(=O)NCCSC(=O)CC(=O)NCCc1c[nH]c2ccc(O)cc12. The number of carbonyl (C=O) groups excluding carboxylic acids is 6. The summed E-state index contributed by atoms with van der Waals surface area (Å²) in [6, 6.07) is 3.76. The summed E-state index contributed by atoms with van der Waals surface area (Å²) >= 11 is 0.899. The third-order valence-corrected chi connectivity index (χ3v) is 7.87. The van der Waals surface area contributed by atoms with Gasteiger partial charge in [0.05, 0.1) is 13.0 Å². The number of H-pyrrole nitrogens is 1. The van der Waals surface area contributed by atoms with Crippen molar-refractivity contribution in [3.8, 4) is 5.75 Å². The number of phenolic OH excluding ortho intramolecular Hbond substituents is 1. The van der Waals surface area contributed by atoms with Gasteiger partial charge < -0.3 is 46.3 Å². The van der Waals surface area contributed by atoms with Crippen molar-refractivity contribution in [3.63, 3.8) is 0 Å². The molecular weight excluding hydrogens is 650 g/mol. The van der Waals surface area contributed by atoms with Gasteiger partial charge in [0.2, 0.25) is 23.6 Å². The number of hydrogen-bond donors (Lipinski definition) is 8. The van der Waals surface area contributed by atoms with E-state index >= 15 is 0 Å². The molecule has 264 valence electrons. The summed E-state index contributed by atoms with van der Waals surface area (Å²) < 4.78 is 5.15. The molecule has 0 aliphatic rings. The molecule has 2 aromatic rings. The zero-order valence-corrected chi connectivity index (χ0v) is 27.9. The van der Waals surface area contributed by atoms with E-state index in [1.54, 1.807) is 24.4 Å². The average Bonchev–Trinajstić information content (AvgIpc) is 3.41. The number of carboxylic acid groups (broad SMARTS) is 1. The Morgan fingerprint density at radius 3 is 2.38 bits per heavy atom. The second-order valence-electron chi connectivity index (χ2n) is 11.6. The van der Waals surface area contributed by atoms with Crippen LogP contribution in [0.1, 0.15) is 52.0 Å². The van der Waals surface area contributed by atoms with Crippen LogP contribution in [0.15, 0.2) is 24.4 Å². The van der Waals surface area contributed by atoms with Crippen molar-refractivity contribution in [1.82, 2.24) is 26.3 Å². The molecule has 1 aromatic carbocycles. The number of carbonyl (C=O) groups is 7. The molecule has 0 fully saturated rings. The zero-order chi connectivity index (χ0) is 35.9. The molecule has 17 heteroatoms. The number of rotatable bonds is 20. The maximum Gasteiger partial charge on any atom is 0.328 e. The predicted octanol–water partition coefficient (Wildman–Crippen LogP) is 0.104. The van der Waals surface area contributed by atoms with E-state index in [2.05, 4.69) is 26.3 Å². The number of carboxylic acids is 1. The van der Waals surface area contributed by atoms with E-state index < -0.39 is 59.7 Å². The zero-order valence-electron chi connectivity index (χ0n) is 27.1. The van der Waals surface area contributed by atoms with Crippen molar-refractivity contribution in [2.24, 2.45) is 5.41 Å². The molecule has 0 radical (unpaired) electrons. The Morgan fingerprint density at radius 1 is 0.979 bits per heavy atom. The first-order valence-corrected chi connectivity index (χ1v) is 16.2. The Balaban J connectivity index is 1.60. The lowest BCUT2D eigenvalue weighted by molar-refractivity contribution is -0.156. The van der Waals surface area contributed by atoms with Crippen LogP contribution in [0.3, 0.4) is 0 Å². The number of benzene rings is 1. The highest BCUT2D eigenvalue weighted by Gasteiger charge is 2.36. The fraction of sp³-hybridized carbons (Fsp3) is 0.516. The number of ether oxygens (including phenoxy) is 1. The van der Waals surface area contributed by atoms with Gasteiger partial charge in [0, 0.05) is 67.7 Å². The van der Waals surface area contributed by atoms with Crippen LogP contribution >= 0.6 is 11.8 Å². The Kier molecular flexibility index (Phi) is 15.9. The molecule has 48 heavy (non-hydrogen) atoms. The Labute approximate surface area is 281 Å². The first-order chi connectivity index (χ1) is 22.6. The number of fused-ring (bicyclic) bond motifs is 1. The summed E-state index contributed by atoms with van der Waals surface area (Å²) in [6.07, 6.45) is -0.351. The van der Waals surface area contributed by atoms with Crippen molar-refractivity contribution in [3.05, 3.63) is 30.0 Å². The van der Waals surface area contributed by atoms with Crippen molar-refractivity contribution in [2.45, 2.75) is 65.0 Å². The molecule has 0 unspecified atom stereocenters. The van der Waals surface area contributed by atoms with Crippen LogP contribution in [0.2, 0.25) is 0 Å². The number of phenols is 1. The number of aromatic amines is 1. The van der Waals surface area contributed by atoms with Crippen molar-refractivity contribution < 1.29 is 53.6 Å². The third kappa shape index (κ3) is 14.0. The minimum atomic E-state index is -1.63. The smallest absolute Gasteiger partial charge is 0.328 e. The first kappa shape index (κ1) is 39.5. The normalized spacial score (nSPS) is 12.4. The van der Waals surface area contributed by atoms with Gasteiger partial charge in [0.25, 0.3) is 0 Å². The van der Waals surface area contributed by atoms with Crippen LogP contribution in [0, 0.1) is 5.41 Å². The van der Waals surface area contributed by atoms with Gasteiger partial charge in [-0.3, -0.25) is 28.8 Å². The highest BCUT2D eigenvalue weighted by molar-refractivity contribution is 8.13. The van der Waals surface area contributed by atoms with E-state index in [0.29, 0.717) is 13.0 Å². The van der Waals surface area contributed by atoms with Gasteiger partial charge in [-0.25, -0.2) is 4.79 Å². The standard InChI is InChI=1S/C31H43N5O11S/c1-18(37)36-23(6-7-26(41)42)30(46)47-17-31(2,3)28(44)29(45)34-11-9-24(39)33-12-13-48-27(43)15-25(40)32-10-8-19-16-35-22-5-4-20(38)14-21(19)22/h4-5,14,16,23,28,35,38,44H,6-13,15,17H2,1-3H3,(H,32,40)(H,33,39)(H,34,45)(H,36,37)(H,41,42)/t23-,28-/m0/s1. The molecule has 0 saturated heterocycles. The maximum absolute atomic E-state index is 12.4. The molecule has 8 N–H and O–H groups in total. The highest BCUT2D eigenvalue weighted by Crippen LogP contribution is 2.23. The molecule has 4 amide bonds. The van der Waals surface area contributed by atoms with Gasteiger partial charge in [0.15, 0.2) is 5.12 Å². The van der Waals surface area contributed by atoms with Crippen molar-refractivity contribution in [2.75, 3.05) is 32.0 Å². The van der Waals surface area contributed by atoms with Gasteiger partial charge in [-0.1, -0.05) is 25.6 Å². The number of hydrogen-bond acceptors (Lipinski definition) is 11. The van der Waals surface area contributed by atoms with Crippen LogP contribution in [0.25, 0.3) is 10.9 Å². The number of aliphatic hydroxyl groups excluding tert-OH is 1. The monoisotopic (exact) mass is 693 g/mol. The molecule has 1 aromatic heterocycles. The van der Waals surface area contributed by atoms with E-state index in [-0.39, 0.29) is 55.4 Å². The number of nitrogens with one attached hydrogen (secondary N) is 5. The molecule has 0 aliphatic carbocycles. The fourth-order valence-corrected chi connectivity index (χ4v) is 5.01. The maximum atomic E-state index is 12.4. The van der Waals surface area contributed by atoms with Crippen molar-refractivity contribution in [1.29, 1.82) is 0 Å². The van der Waals surface area contributed by atoms with Crippen LogP contribution in [0.4, 0.5) is 0 Å². The Morgan fingerprint density at radius 2 is 1.69 bits per heavy atom. The summed E-state index contributed by atoms with van der Waals surface area (Å²) in [5.74, 6) is -3.92. The summed E-state index contributed by atoms with van der Waals surface area (Å²) in [7, 11) is 0. The van der Waals surface area contributed by atoms with Gasteiger partial charge in [-0.15, -0.1) is 0 Å². The Hall–Kier alpha value is -4.64. The summed E-state index contributed by atoms with van der Waals surface area (Å²) in [5, 5.41) is 39.5. The second-order valence-corrected chi connectivity index (χ2v) is 12.8. The van der Waals surface area contributed by atoms with Crippen molar-refractivity contribution >= 4 is 63.3 Å². The lowest BCUT2D eigenvalue weighted by Crippen LogP contribution is -2.48. The van der Waals surface area contributed by atoms with Crippen LogP contribution in [-0.4, -0.2) is 105 Å². The van der Waals surface area contributed by atoms with E-state index in [4.69, 9.17) is 9.84 Å². The third-order valence-electron chi connectivity index (χ3n) is 6.99. The number of esters is 1. The van der Waals surface area contributed by atoms with Crippen LogP contribution < -0.4 is 21.3 Å². The number of aromatic nitrogens is 1. The second kappa shape index (κ2) is 19.2. The summed E-state index contributed by atoms with van der Waals surface area (Å²) in [6.45, 7) is 4.01. The molecule has 0 spiro atoms. The predicted molar refractivity (Wildman–Crippen MR) is 175 cm³/mol. The molecule has 1 heterocycles. The van der Waals surface area contributed by atoms with Crippen LogP contribution in [0.5, 0.6) is 5.75 Å². The number of aliphatic hydroxyl groups is 1. The highest BCUT2D eigenvalue weighted by atomic mass is 32.2. The lowest BCUT2D eigenvalue weighted by atomic mass is 9.87. The molecule has 0 aliphatic heterocycles. The molecular formula is C31H43N5O11S. The molecule has 0 bridgehead atoms. The molecule has 2 rings (SSSR count).